The van der Waals surface area contributed by atoms with Crippen molar-refractivity contribution in [3.8, 4) is 5.75 Å². The van der Waals surface area contributed by atoms with E-state index in [0.29, 0.717) is 16.3 Å². The molecule has 2 aromatic rings. The number of carbonyl (C=O) groups excluding carboxylic acids is 1. The molecular formula is C14H12ClNO3. The topological polar surface area (TPSA) is 48.4 Å². The number of hydrogen-bond donors (Lipinski definition) is 0. The van der Waals surface area contributed by atoms with E-state index >= 15 is 0 Å². The molecular weight excluding hydrogens is 266 g/mol. The van der Waals surface area contributed by atoms with Gasteiger partial charge in [-0.25, -0.2) is 4.79 Å². The molecule has 5 heteroatoms. The first-order chi connectivity index (χ1) is 9.17. The minimum atomic E-state index is -0.878. The summed E-state index contributed by atoms with van der Waals surface area (Å²) in [6.07, 6.45) is 2.12. The summed E-state index contributed by atoms with van der Waals surface area (Å²) in [5.74, 6) is -0.0654. The Morgan fingerprint density at radius 3 is 2.95 bits per heavy atom. The highest BCUT2D eigenvalue weighted by molar-refractivity contribution is 6.35. The summed E-state index contributed by atoms with van der Waals surface area (Å²) in [5, 5.41) is 1.33. The Kier molecular flexibility index (Phi) is 4.02. The molecule has 0 fully saturated rings. The van der Waals surface area contributed by atoms with E-state index in [9.17, 15) is 4.79 Å². The van der Waals surface area contributed by atoms with Gasteiger partial charge >= 0.3 is 5.97 Å². The largest absolute Gasteiger partial charge is 0.472 e. The van der Waals surface area contributed by atoms with E-state index in [0.717, 1.165) is 5.39 Å². The van der Waals surface area contributed by atoms with Crippen molar-refractivity contribution in [1.29, 1.82) is 0 Å². The second-order valence-electron chi connectivity index (χ2n) is 3.74. The lowest BCUT2D eigenvalue weighted by Crippen LogP contribution is -2.26. The fourth-order valence-corrected chi connectivity index (χ4v) is 1.87. The molecule has 0 aliphatic heterocycles. The first-order valence-corrected chi connectivity index (χ1v) is 5.95. The summed E-state index contributed by atoms with van der Waals surface area (Å²) in [6.45, 7) is 3.55. The highest BCUT2D eigenvalue weighted by Gasteiger charge is 2.19. The minimum Gasteiger partial charge on any atom is -0.472 e. The quantitative estimate of drug-likeness (QED) is 0.637. The van der Waals surface area contributed by atoms with E-state index in [1.54, 1.807) is 24.4 Å². The number of aromatic nitrogens is 1. The summed E-state index contributed by atoms with van der Waals surface area (Å²) in [6, 6.07) is 6.97. The Labute approximate surface area is 115 Å². The van der Waals surface area contributed by atoms with Crippen LogP contribution in [0.2, 0.25) is 5.02 Å². The lowest BCUT2D eigenvalue weighted by Gasteiger charge is -2.14. The van der Waals surface area contributed by atoms with Crippen molar-refractivity contribution < 1.29 is 14.3 Å². The van der Waals surface area contributed by atoms with Gasteiger partial charge in [0.2, 0.25) is 6.10 Å². The highest BCUT2D eigenvalue weighted by atomic mass is 35.5. The molecule has 2 rings (SSSR count). The van der Waals surface area contributed by atoms with E-state index in [1.165, 1.54) is 13.2 Å². The monoisotopic (exact) mass is 277 g/mol. The zero-order chi connectivity index (χ0) is 13.8. The molecule has 0 bridgehead atoms. The molecule has 1 unspecified atom stereocenters. The third kappa shape index (κ3) is 2.69. The maximum atomic E-state index is 11.5. The summed E-state index contributed by atoms with van der Waals surface area (Å²) >= 11 is 6.08. The number of halogens is 1. The molecule has 0 saturated carbocycles. The van der Waals surface area contributed by atoms with Gasteiger partial charge in [-0.3, -0.25) is 4.98 Å². The smallest absolute Gasteiger partial charge is 0.351 e. The standard InChI is InChI=1S/C14H12ClNO3/c1-3-11(14(17)18-2)19-12-7-6-10(15)9-5-4-8-16-13(9)12/h3-8,11H,1H2,2H3. The lowest BCUT2D eigenvalue weighted by atomic mass is 10.2. The third-order valence-electron chi connectivity index (χ3n) is 2.58. The van der Waals surface area contributed by atoms with Crippen LogP contribution in [0.1, 0.15) is 0 Å². The average molecular weight is 278 g/mol. The number of ether oxygens (including phenoxy) is 2. The Bertz CT molecular complexity index is 627. The number of nitrogens with zero attached hydrogens (tertiary/aromatic N) is 1. The second kappa shape index (κ2) is 5.71. The van der Waals surface area contributed by atoms with E-state index in [4.69, 9.17) is 16.3 Å². The molecule has 1 heterocycles. The van der Waals surface area contributed by atoms with Crippen LogP contribution in [0.25, 0.3) is 10.9 Å². The van der Waals surface area contributed by atoms with Crippen molar-refractivity contribution in [3.63, 3.8) is 0 Å². The molecule has 0 spiro atoms. The van der Waals surface area contributed by atoms with Gasteiger partial charge in [0, 0.05) is 11.6 Å². The van der Waals surface area contributed by atoms with Crippen molar-refractivity contribution in [1.82, 2.24) is 4.98 Å². The molecule has 1 atom stereocenters. The van der Waals surface area contributed by atoms with Crippen LogP contribution in [0.15, 0.2) is 43.1 Å². The van der Waals surface area contributed by atoms with Crippen LogP contribution in [0.3, 0.4) is 0 Å². The highest BCUT2D eigenvalue weighted by Crippen LogP contribution is 2.30. The van der Waals surface area contributed by atoms with Crippen LogP contribution in [0, 0.1) is 0 Å². The molecule has 1 aromatic heterocycles. The van der Waals surface area contributed by atoms with Crippen LogP contribution >= 0.6 is 11.6 Å². The van der Waals surface area contributed by atoms with Crippen molar-refractivity contribution in [2.75, 3.05) is 7.11 Å². The number of benzene rings is 1. The maximum Gasteiger partial charge on any atom is 0.351 e. The summed E-state index contributed by atoms with van der Waals surface area (Å²) in [7, 11) is 1.29. The van der Waals surface area contributed by atoms with Crippen LogP contribution in [0.4, 0.5) is 0 Å². The van der Waals surface area contributed by atoms with E-state index in [-0.39, 0.29) is 0 Å². The molecule has 0 radical (unpaired) electrons. The predicted molar refractivity (Wildman–Crippen MR) is 73.4 cm³/mol. The third-order valence-corrected chi connectivity index (χ3v) is 2.91. The fourth-order valence-electron chi connectivity index (χ4n) is 1.65. The molecule has 0 N–H and O–H groups in total. The Morgan fingerprint density at radius 2 is 2.26 bits per heavy atom. The van der Waals surface area contributed by atoms with Gasteiger partial charge in [-0.15, -0.1) is 0 Å². The number of esters is 1. The average Bonchev–Trinajstić information content (AvgIpc) is 2.46. The van der Waals surface area contributed by atoms with Crippen molar-refractivity contribution >= 4 is 28.5 Å². The molecule has 98 valence electrons. The number of methoxy groups -OCH3 is 1. The fraction of sp³-hybridized carbons (Fsp3) is 0.143. The lowest BCUT2D eigenvalue weighted by molar-refractivity contribution is -0.146. The normalized spacial score (nSPS) is 11.9. The minimum absolute atomic E-state index is 0.454. The van der Waals surface area contributed by atoms with Gasteiger partial charge in [0.25, 0.3) is 0 Å². The van der Waals surface area contributed by atoms with Crippen LogP contribution < -0.4 is 4.74 Å². The van der Waals surface area contributed by atoms with E-state index < -0.39 is 12.1 Å². The van der Waals surface area contributed by atoms with Crippen LogP contribution in [-0.4, -0.2) is 24.2 Å². The van der Waals surface area contributed by atoms with Gasteiger partial charge < -0.3 is 9.47 Å². The van der Waals surface area contributed by atoms with Crippen molar-refractivity contribution in [2.24, 2.45) is 0 Å². The number of hydrogen-bond acceptors (Lipinski definition) is 4. The number of carbonyl (C=O) groups is 1. The zero-order valence-electron chi connectivity index (χ0n) is 10.3. The molecule has 4 nitrogen and oxygen atoms in total. The first kappa shape index (κ1) is 13.4. The van der Waals surface area contributed by atoms with E-state index in [1.807, 2.05) is 6.07 Å². The molecule has 0 saturated heterocycles. The Hall–Kier alpha value is -2.07. The summed E-state index contributed by atoms with van der Waals surface area (Å²) in [5.41, 5.74) is 0.589. The van der Waals surface area contributed by atoms with Crippen molar-refractivity contribution in [2.45, 2.75) is 6.10 Å². The Morgan fingerprint density at radius 1 is 1.47 bits per heavy atom. The van der Waals surface area contributed by atoms with Gasteiger partial charge in [-0.2, -0.15) is 0 Å². The number of fused-ring (bicyclic) bond motifs is 1. The molecule has 0 aliphatic carbocycles. The van der Waals surface area contributed by atoms with Crippen LogP contribution in [0.5, 0.6) is 5.75 Å². The van der Waals surface area contributed by atoms with Gasteiger partial charge in [0.1, 0.15) is 11.3 Å². The zero-order valence-corrected chi connectivity index (χ0v) is 11.1. The molecule has 19 heavy (non-hydrogen) atoms. The summed E-state index contributed by atoms with van der Waals surface area (Å²) < 4.78 is 10.2. The Balaban J connectivity index is 2.43. The number of rotatable bonds is 4. The molecule has 1 aromatic carbocycles. The maximum absolute atomic E-state index is 11.5. The second-order valence-corrected chi connectivity index (χ2v) is 4.15. The molecule has 0 amide bonds. The first-order valence-electron chi connectivity index (χ1n) is 5.57. The van der Waals surface area contributed by atoms with Gasteiger partial charge in [0.05, 0.1) is 12.1 Å². The van der Waals surface area contributed by atoms with Gasteiger partial charge in [0.15, 0.2) is 0 Å². The van der Waals surface area contributed by atoms with E-state index in [2.05, 4.69) is 16.3 Å². The van der Waals surface area contributed by atoms with Crippen LogP contribution in [-0.2, 0) is 9.53 Å². The van der Waals surface area contributed by atoms with Gasteiger partial charge in [-0.05, 0) is 30.3 Å². The summed E-state index contributed by atoms with van der Waals surface area (Å²) in [4.78, 5) is 15.7. The molecule has 0 aliphatic rings. The predicted octanol–water partition coefficient (Wildman–Crippen LogP) is 2.99. The van der Waals surface area contributed by atoms with Gasteiger partial charge in [-0.1, -0.05) is 18.2 Å². The van der Waals surface area contributed by atoms with Crippen molar-refractivity contribution in [3.05, 3.63) is 48.1 Å². The SMILES string of the molecule is C=CC(Oc1ccc(Cl)c2cccnc12)C(=O)OC. The number of pyridine rings is 1.